The molecule has 0 unspecified atom stereocenters. The quantitative estimate of drug-likeness (QED) is 0.558. The molecule has 3 aromatic rings. The van der Waals surface area contributed by atoms with Gasteiger partial charge in [-0.05, 0) is 50.6 Å². The highest BCUT2D eigenvalue weighted by Gasteiger charge is 2.54. The molecule has 9 heteroatoms. The highest BCUT2D eigenvalue weighted by molar-refractivity contribution is 5.99. The number of aromatic amines is 1. The average molecular weight is 505 g/mol. The van der Waals surface area contributed by atoms with Crippen molar-refractivity contribution < 1.29 is 23.8 Å². The van der Waals surface area contributed by atoms with Gasteiger partial charge < -0.3 is 29.0 Å². The zero-order valence-electron chi connectivity index (χ0n) is 21.8. The first-order chi connectivity index (χ1) is 17.6. The summed E-state index contributed by atoms with van der Waals surface area (Å²) < 4.78 is 16.4. The van der Waals surface area contributed by atoms with Gasteiger partial charge in [-0.2, -0.15) is 0 Å². The highest BCUT2D eigenvalue weighted by Crippen LogP contribution is 2.44. The van der Waals surface area contributed by atoms with E-state index in [-0.39, 0.29) is 12.0 Å². The van der Waals surface area contributed by atoms with E-state index in [1.807, 2.05) is 62.1 Å². The smallest absolute Gasteiger partial charge is 0.410 e. The molecule has 0 bridgehead atoms. The molecule has 0 saturated carbocycles. The highest BCUT2D eigenvalue weighted by atomic mass is 16.6. The van der Waals surface area contributed by atoms with Gasteiger partial charge in [-0.1, -0.05) is 12.1 Å². The molecule has 1 N–H and O–H groups in total. The van der Waals surface area contributed by atoms with E-state index in [9.17, 15) is 9.59 Å². The van der Waals surface area contributed by atoms with Crippen LogP contribution in [-0.2, 0) is 16.7 Å². The molecule has 4 heterocycles. The van der Waals surface area contributed by atoms with Gasteiger partial charge in [-0.15, -0.1) is 0 Å². The van der Waals surface area contributed by atoms with Crippen LogP contribution in [0.3, 0.4) is 0 Å². The largest absolute Gasteiger partial charge is 0.497 e. The van der Waals surface area contributed by atoms with Crippen LogP contribution in [0.15, 0.2) is 48.8 Å². The Morgan fingerprint density at radius 2 is 1.78 bits per heavy atom. The van der Waals surface area contributed by atoms with Crippen molar-refractivity contribution in [2.45, 2.75) is 38.3 Å². The molecular formula is C28H32N4O5. The van der Waals surface area contributed by atoms with Crippen molar-refractivity contribution in [1.82, 2.24) is 19.8 Å². The Kier molecular flexibility index (Phi) is 6.09. The second kappa shape index (κ2) is 9.14. The minimum absolute atomic E-state index is 0.0531. The van der Waals surface area contributed by atoms with Gasteiger partial charge in [0, 0.05) is 43.6 Å². The first-order valence-corrected chi connectivity index (χ1v) is 12.2. The van der Waals surface area contributed by atoms with Gasteiger partial charge in [0.15, 0.2) is 0 Å². The van der Waals surface area contributed by atoms with Crippen LogP contribution in [0.2, 0.25) is 0 Å². The molecular weight excluding hydrogens is 472 g/mol. The molecule has 9 nitrogen and oxygen atoms in total. The second-order valence-corrected chi connectivity index (χ2v) is 10.7. The number of methoxy groups -OCH3 is 2. The number of likely N-dealkylation sites (tertiary alicyclic amines) is 1. The lowest BCUT2D eigenvalue weighted by atomic mass is 9.72. The number of H-pyrrole nitrogens is 1. The maximum atomic E-state index is 13.7. The Balaban J connectivity index is 1.49. The number of rotatable bonds is 5. The van der Waals surface area contributed by atoms with Crippen LogP contribution in [0.1, 0.15) is 42.4 Å². The molecule has 0 radical (unpaired) electrons. The van der Waals surface area contributed by atoms with Crippen molar-refractivity contribution >= 4 is 12.0 Å². The summed E-state index contributed by atoms with van der Waals surface area (Å²) >= 11 is 0. The standard InChI is InChI=1S/C28H32N4O5/c1-27(2,3)37-26(34)32-16-28(17-32)15-31(14-18-6-8-19(35-4)9-7-18)25(33)21-12-22(30-24(21)28)20-10-11-29-13-23(20)36-5/h6-13,30H,14-17H2,1-5H3. The molecule has 0 aliphatic carbocycles. The third-order valence-corrected chi connectivity index (χ3v) is 6.82. The van der Waals surface area contributed by atoms with Gasteiger partial charge >= 0.3 is 6.09 Å². The summed E-state index contributed by atoms with van der Waals surface area (Å²) in [6.45, 7) is 7.41. The minimum Gasteiger partial charge on any atom is -0.497 e. The molecule has 2 aliphatic heterocycles. The number of carbonyl (C=O) groups is 2. The normalized spacial score (nSPS) is 16.3. The fourth-order valence-corrected chi connectivity index (χ4v) is 5.12. The zero-order valence-corrected chi connectivity index (χ0v) is 21.8. The number of pyridine rings is 1. The Morgan fingerprint density at radius 3 is 2.43 bits per heavy atom. The molecule has 1 spiro atoms. The summed E-state index contributed by atoms with van der Waals surface area (Å²) in [5.74, 6) is 1.32. The molecule has 1 saturated heterocycles. The summed E-state index contributed by atoms with van der Waals surface area (Å²) in [7, 11) is 3.22. The van der Waals surface area contributed by atoms with Crippen molar-refractivity contribution in [2.24, 2.45) is 0 Å². The van der Waals surface area contributed by atoms with Gasteiger partial charge in [0.05, 0.1) is 37.1 Å². The number of amides is 2. The topological polar surface area (TPSA) is 97.0 Å². The number of nitrogens with zero attached hydrogens (tertiary/aromatic N) is 3. The lowest BCUT2D eigenvalue weighted by Crippen LogP contribution is -2.68. The molecule has 194 valence electrons. The molecule has 1 fully saturated rings. The van der Waals surface area contributed by atoms with E-state index in [1.165, 1.54) is 0 Å². The van der Waals surface area contributed by atoms with Crippen LogP contribution in [0.4, 0.5) is 4.79 Å². The van der Waals surface area contributed by atoms with E-state index in [2.05, 4.69) is 9.97 Å². The molecule has 37 heavy (non-hydrogen) atoms. The average Bonchev–Trinajstić information content (AvgIpc) is 3.30. The Bertz CT molecular complexity index is 1320. The number of ether oxygens (including phenoxy) is 3. The predicted molar refractivity (Wildman–Crippen MR) is 138 cm³/mol. The van der Waals surface area contributed by atoms with E-state index in [0.717, 1.165) is 28.3 Å². The van der Waals surface area contributed by atoms with Crippen molar-refractivity contribution in [3.8, 4) is 22.8 Å². The van der Waals surface area contributed by atoms with E-state index in [4.69, 9.17) is 14.2 Å². The summed E-state index contributed by atoms with van der Waals surface area (Å²) in [5, 5.41) is 0. The summed E-state index contributed by atoms with van der Waals surface area (Å²) in [6, 6.07) is 11.5. The van der Waals surface area contributed by atoms with Crippen LogP contribution in [0.25, 0.3) is 11.3 Å². The lowest BCUT2D eigenvalue weighted by Gasteiger charge is -2.53. The molecule has 5 rings (SSSR count). The number of hydrogen-bond acceptors (Lipinski definition) is 6. The van der Waals surface area contributed by atoms with E-state index >= 15 is 0 Å². The number of benzene rings is 1. The van der Waals surface area contributed by atoms with Crippen molar-refractivity contribution in [1.29, 1.82) is 0 Å². The van der Waals surface area contributed by atoms with Gasteiger partial charge in [-0.25, -0.2) is 4.79 Å². The maximum absolute atomic E-state index is 13.7. The molecule has 0 atom stereocenters. The Hall–Kier alpha value is -4.01. The minimum atomic E-state index is -0.578. The van der Waals surface area contributed by atoms with Crippen LogP contribution < -0.4 is 9.47 Å². The number of fused-ring (bicyclic) bond motifs is 2. The fraction of sp³-hybridized carbons (Fsp3) is 0.393. The van der Waals surface area contributed by atoms with Gasteiger partial charge in [0.2, 0.25) is 0 Å². The van der Waals surface area contributed by atoms with Gasteiger partial charge in [0.1, 0.15) is 17.1 Å². The van der Waals surface area contributed by atoms with Crippen molar-refractivity contribution in [3.05, 3.63) is 65.6 Å². The maximum Gasteiger partial charge on any atom is 0.410 e. The first-order valence-electron chi connectivity index (χ1n) is 12.2. The Morgan fingerprint density at radius 1 is 1.05 bits per heavy atom. The second-order valence-electron chi connectivity index (χ2n) is 10.7. The molecule has 1 aromatic carbocycles. The van der Waals surface area contributed by atoms with Crippen molar-refractivity contribution in [3.63, 3.8) is 0 Å². The number of aromatic nitrogens is 2. The summed E-state index contributed by atoms with van der Waals surface area (Å²) in [6.07, 6.45) is 3.00. The zero-order chi connectivity index (χ0) is 26.4. The SMILES string of the molecule is COc1ccc(CN2CC3(CN(C(=O)OC(C)(C)C)C3)c3[nH]c(-c4ccncc4OC)cc3C2=O)cc1. The van der Waals surface area contributed by atoms with E-state index in [0.29, 0.717) is 37.5 Å². The summed E-state index contributed by atoms with van der Waals surface area (Å²) in [5.41, 5.74) is 3.05. The molecule has 2 aliphatic rings. The van der Waals surface area contributed by atoms with Crippen LogP contribution in [0, 0.1) is 0 Å². The third kappa shape index (κ3) is 4.61. The molecule has 2 amide bonds. The van der Waals surface area contributed by atoms with E-state index in [1.54, 1.807) is 31.5 Å². The monoisotopic (exact) mass is 504 g/mol. The van der Waals surface area contributed by atoms with Crippen LogP contribution in [0.5, 0.6) is 11.5 Å². The number of nitrogens with one attached hydrogen (secondary N) is 1. The lowest BCUT2D eigenvalue weighted by molar-refractivity contribution is -0.0203. The van der Waals surface area contributed by atoms with Gasteiger partial charge in [-0.3, -0.25) is 9.78 Å². The third-order valence-electron chi connectivity index (χ3n) is 6.82. The number of hydrogen-bond donors (Lipinski definition) is 1. The van der Waals surface area contributed by atoms with Gasteiger partial charge in [0.25, 0.3) is 5.91 Å². The van der Waals surface area contributed by atoms with Crippen LogP contribution in [-0.4, -0.2) is 71.2 Å². The Labute approximate surface area is 216 Å². The van der Waals surface area contributed by atoms with E-state index < -0.39 is 11.0 Å². The van der Waals surface area contributed by atoms with Crippen LogP contribution >= 0.6 is 0 Å². The first kappa shape index (κ1) is 24.7. The molecule has 2 aromatic heterocycles. The fourth-order valence-electron chi connectivity index (χ4n) is 5.12. The number of carbonyl (C=O) groups excluding carboxylic acids is 2. The van der Waals surface area contributed by atoms with Crippen molar-refractivity contribution in [2.75, 3.05) is 33.9 Å². The summed E-state index contributed by atoms with van der Waals surface area (Å²) in [4.78, 5) is 37.7. The predicted octanol–water partition coefficient (Wildman–Crippen LogP) is 4.24.